The van der Waals surface area contributed by atoms with Crippen molar-refractivity contribution in [3.05, 3.63) is 47.0 Å². The van der Waals surface area contributed by atoms with E-state index in [1.54, 1.807) is 24.3 Å². The van der Waals surface area contributed by atoms with Crippen LogP contribution >= 0.6 is 0 Å². The van der Waals surface area contributed by atoms with Gasteiger partial charge in [-0.1, -0.05) is 0 Å². The summed E-state index contributed by atoms with van der Waals surface area (Å²) in [6, 6.07) is 7.04. The van der Waals surface area contributed by atoms with Crippen LogP contribution in [0.1, 0.15) is 27.6 Å². The molecule has 0 N–H and O–H groups in total. The number of aryl methyl sites for hydroxylation is 1. The molecular formula is C14H16N2O2. The molecule has 0 saturated heterocycles. The van der Waals surface area contributed by atoms with Gasteiger partial charge in [-0.3, -0.25) is 4.79 Å². The van der Waals surface area contributed by atoms with Crippen LogP contribution in [0, 0.1) is 13.8 Å². The molecular weight excluding hydrogens is 228 g/mol. The first-order chi connectivity index (χ1) is 8.61. The van der Waals surface area contributed by atoms with E-state index >= 15 is 0 Å². The summed E-state index contributed by atoms with van der Waals surface area (Å²) in [6.07, 6.45) is 0.815. The van der Waals surface area contributed by atoms with Gasteiger partial charge in [0.25, 0.3) is 0 Å². The molecule has 2 rings (SSSR count). The van der Waals surface area contributed by atoms with Crippen LogP contribution < -0.4 is 4.74 Å². The lowest BCUT2D eigenvalue weighted by molar-refractivity contribution is 0.112. The Balaban J connectivity index is 2.06. The Bertz CT molecular complexity index is 556. The van der Waals surface area contributed by atoms with Crippen molar-refractivity contribution in [2.24, 2.45) is 7.05 Å². The van der Waals surface area contributed by atoms with Gasteiger partial charge < -0.3 is 9.30 Å². The summed E-state index contributed by atoms with van der Waals surface area (Å²) in [6.45, 7) is 4.44. The minimum absolute atomic E-state index is 0.422. The molecule has 18 heavy (non-hydrogen) atoms. The lowest BCUT2D eigenvalue weighted by Crippen LogP contribution is -2.04. The predicted molar refractivity (Wildman–Crippen MR) is 68.8 cm³/mol. The molecule has 1 aromatic carbocycles. The molecule has 4 heteroatoms. The summed E-state index contributed by atoms with van der Waals surface area (Å²) in [5, 5.41) is 0. The number of nitrogens with zero attached hydrogens (tertiary/aromatic N) is 2. The van der Waals surface area contributed by atoms with Crippen molar-refractivity contribution in [3.8, 4) is 5.75 Å². The molecule has 0 bridgehead atoms. The second-order valence-corrected chi connectivity index (χ2v) is 4.23. The van der Waals surface area contributed by atoms with Gasteiger partial charge in [-0.05, 0) is 38.1 Å². The third-order valence-electron chi connectivity index (χ3n) is 3.09. The van der Waals surface area contributed by atoms with Crippen LogP contribution in [0.4, 0.5) is 0 Å². The molecule has 2 aromatic rings. The van der Waals surface area contributed by atoms with E-state index in [-0.39, 0.29) is 0 Å². The van der Waals surface area contributed by atoms with E-state index in [0.29, 0.717) is 12.2 Å². The van der Waals surface area contributed by atoms with E-state index in [1.165, 1.54) is 0 Å². The molecule has 0 aliphatic heterocycles. The number of rotatable bonds is 4. The maximum Gasteiger partial charge on any atom is 0.150 e. The van der Waals surface area contributed by atoms with Gasteiger partial charge in [-0.2, -0.15) is 0 Å². The fraction of sp³-hybridized carbons (Fsp3) is 0.286. The first-order valence-electron chi connectivity index (χ1n) is 5.78. The van der Waals surface area contributed by atoms with Gasteiger partial charge in [-0.25, -0.2) is 4.98 Å². The smallest absolute Gasteiger partial charge is 0.150 e. The van der Waals surface area contributed by atoms with E-state index in [4.69, 9.17) is 4.74 Å². The van der Waals surface area contributed by atoms with Crippen molar-refractivity contribution in [2.45, 2.75) is 20.5 Å². The minimum atomic E-state index is 0.422. The van der Waals surface area contributed by atoms with Crippen LogP contribution in [-0.4, -0.2) is 15.8 Å². The zero-order valence-corrected chi connectivity index (χ0v) is 10.8. The Morgan fingerprint density at radius 2 is 1.94 bits per heavy atom. The molecule has 0 aliphatic carbocycles. The Hall–Kier alpha value is -2.10. The van der Waals surface area contributed by atoms with Crippen LogP contribution in [0.25, 0.3) is 0 Å². The van der Waals surface area contributed by atoms with Gasteiger partial charge in [0.15, 0.2) is 0 Å². The minimum Gasteiger partial charge on any atom is -0.486 e. The largest absolute Gasteiger partial charge is 0.486 e. The van der Waals surface area contributed by atoms with Crippen LogP contribution in [0.15, 0.2) is 24.3 Å². The van der Waals surface area contributed by atoms with Crippen molar-refractivity contribution < 1.29 is 9.53 Å². The number of imidazole rings is 1. The zero-order chi connectivity index (χ0) is 13.1. The van der Waals surface area contributed by atoms with Crippen LogP contribution in [-0.2, 0) is 13.7 Å². The number of hydrogen-bond donors (Lipinski definition) is 0. The first kappa shape index (κ1) is 12.4. The number of hydrogen-bond acceptors (Lipinski definition) is 3. The highest BCUT2D eigenvalue weighted by atomic mass is 16.5. The Kier molecular flexibility index (Phi) is 3.46. The topological polar surface area (TPSA) is 44.1 Å². The number of benzene rings is 1. The summed E-state index contributed by atoms with van der Waals surface area (Å²) < 4.78 is 7.66. The summed E-state index contributed by atoms with van der Waals surface area (Å²) in [5.41, 5.74) is 2.81. The molecule has 0 amide bonds. The Labute approximate surface area is 106 Å². The summed E-state index contributed by atoms with van der Waals surface area (Å²) in [4.78, 5) is 15.0. The first-order valence-corrected chi connectivity index (χ1v) is 5.78. The second-order valence-electron chi connectivity index (χ2n) is 4.23. The second kappa shape index (κ2) is 5.04. The lowest BCUT2D eigenvalue weighted by Gasteiger charge is -2.06. The Morgan fingerprint density at radius 1 is 1.28 bits per heavy atom. The average molecular weight is 244 g/mol. The maximum absolute atomic E-state index is 10.5. The molecule has 0 saturated carbocycles. The molecule has 0 spiro atoms. The number of carbonyl (C=O) groups excluding carboxylic acids is 1. The van der Waals surface area contributed by atoms with Gasteiger partial charge in [0.1, 0.15) is 24.5 Å². The van der Waals surface area contributed by atoms with Gasteiger partial charge >= 0.3 is 0 Å². The van der Waals surface area contributed by atoms with Gasteiger partial charge in [-0.15, -0.1) is 0 Å². The number of aromatic nitrogens is 2. The third kappa shape index (κ3) is 2.42. The van der Waals surface area contributed by atoms with Gasteiger partial charge in [0.2, 0.25) is 0 Å². The van der Waals surface area contributed by atoms with E-state index in [1.807, 2.05) is 25.5 Å². The average Bonchev–Trinajstić information content (AvgIpc) is 2.64. The SMILES string of the molecule is Cc1nc(COc2ccc(C=O)cc2)n(C)c1C. The number of carbonyl (C=O) groups is 1. The van der Waals surface area contributed by atoms with Crippen LogP contribution in [0.5, 0.6) is 5.75 Å². The number of ether oxygens (including phenoxy) is 1. The van der Waals surface area contributed by atoms with E-state index < -0.39 is 0 Å². The molecule has 0 unspecified atom stereocenters. The highest BCUT2D eigenvalue weighted by molar-refractivity contribution is 5.74. The predicted octanol–water partition coefficient (Wildman–Crippen LogP) is 2.43. The van der Waals surface area contributed by atoms with Crippen molar-refractivity contribution in [1.29, 1.82) is 0 Å². The molecule has 0 fully saturated rings. The molecule has 0 aliphatic rings. The molecule has 0 atom stereocenters. The quantitative estimate of drug-likeness (QED) is 0.776. The summed E-state index contributed by atoms with van der Waals surface area (Å²) in [5.74, 6) is 1.63. The van der Waals surface area contributed by atoms with E-state index in [0.717, 1.165) is 29.2 Å². The molecule has 0 radical (unpaired) electrons. The standard InChI is InChI=1S/C14H16N2O2/c1-10-11(2)16(3)14(15-10)9-18-13-6-4-12(8-17)5-7-13/h4-8H,9H2,1-3H3. The fourth-order valence-electron chi connectivity index (χ4n) is 1.71. The Morgan fingerprint density at radius 3 is 2.44 bits per heavy atom. The van der Waals surface area contributed by atoms with Gasteiger partial charge in [0, 0.05) is 18.3 Å². The van der Waals surface area contributed by atoms with Crippen molar-refractivity contribution in [3.63, 3.8) is 0 Å². The molecule has 1 aromatic heterocycles. The molecule has 94 valence electrons. The van der Waals surface area contributed by atoms with Crippen LogP contribution in [0.3, 0.4) is 0 Å². The highest BCUT2D eigenvalue weighted by Gasteiger charge is 2.07. The zero-order valence-electron chi connectivity index (χ0n) is 10.8. The summed E-state index contributed by atoms with van der Waals surface area (Å²) in [7, 11) is 1.98. The number of aldehydes is 1. The van der Waals surface area contributed by atoms with Crippen molar-refractivity contribution in [1.82, 2.24) is 9.55 Å². The van der Waals surface area contributed by atoms with Crippen LogP contribution in [0.2, 0.25) is 0 Å². The van der Waals surface area contributed by atoms with Crippen molar-refractivity contribution >= 4 is 6.29 Å². The highest BCUT2D eigenvalue weighted by Crippen LogP contribution is 2.14. The molecule has 1 heterocycles. The van der Waals surface area contributed by atoms with E-state index in [2.05, 4.69) is 4.98 Å². The fourth-order valence-corrected chi connectivity index (χ4v) is 1.71. The normalized spacial score (nSPS) is 10.4. The van der Waals surface area contributed by atoms with Gasteiger partial charge in [0.05, 0.1) is 5.69 Å². The monoisotopic (exact) mass is 244 g/mol. The summed E-state index contributed by atoms with van der Waals surface area (Å²) >= 11 is 0. The lowest BCUT2D eigenvalue weighted by atomic mass is 10.2. The van der Waals surface area contributed by atoms with E-state index in [9.17, 15) is 4.79 Å². The third-order valence-corrected chi connectivity index (χ3v) is 3.09. The molecule has 4 nitrogen and oxygen atoms in total. The maximum atomic E-state index is 10.5. The van der Waals surface area contributed by atoms with Crippen molar-refractivity contribution in [2.75, 3.05) is 0 Å².